The molecule has 0 aliphatic heterocycles. The average Bonchev–Trinajstić information content (AvgIpc) is 3.39. The average molecular weight is 465 g/mol. The van der Waals surface area contributed by atoms with Crippen molar-refractivity contribution in [3.05, 3.63) is 47.6 Å². The van der Waals surface area contributed by atoms with Crippen LogP contribution in [0, 0.1) is 11.8 Å². The van der Waals surface area contributed by atoms with E-state index in [0.29, 0.717) is 0 Å². The number of hydrogen-bond acceptors (Lipinski definition) is 0. The van der Waals surface area contributed by atoms with Crippen LogP contribution in [0.4, 0.5) is 0 Å². The molecule has 0 bridgehead atoms. The zero-order chi connectivity index (χ0) is 22.9. The first-order valence-electron chi connectivity index (χ1n) is 14.9. The van der Waals surface area contributed by atoms with E-state index < -0.39 is 8.07 Å². The van der Waals surface area contributed by atoms with E-state index in [9.17, 15) is 0 Å². The van der Waals surface area contributed by atoms with Crippen molar-refractivity contribution in [2.75, 3.05) is 0 Å². The maximum atomic E-state index is 2.79. The van der Waals surface area contributed by atoms with E-state index in [4.69, 9.17) is 0 Å². The van der Waals surface area contributed by atoms with Crippen molar-refractivity contribution >= 4 is 8.07 Å². The Kier molecular flexibility index (Phi) is 9.77. The number of fused-ring (bicyclic) bond motifs is 2. The molecule has 0 aromatic heterocycles. The van der Waals surface area contributed by atoms with Gasteiger partial charge in [-0.1, -0.05) is 112 Å². The monoisotopic (exact) mass is 464 g/mol. The SMILES string of the molecule is C[Si](C)(C1C/C2=C/C=C\CCCCCCCC2C1)C1C/C2=C/C=C\CCCCCCCC2C1. The predicted octanol–water partition coefficient (Wildman–Crippen LogP) is 10.7. The van der Waals surface area contributed by atoms with E-state index in [0.717, 1.165) is 22.9 Å². The van der Waals surface area contributed by atoms with Gasteiger partial charge in [0.2, 0.25) is 0 Å². The first-order chi connectivity index (χ1) is 16.1. The van der Waals surface area contributed by atoms with Crippen molar-refractivity contribution in [1.82, 2.24) is 0 Å². The largest absolute Gasteiger partial charge is 0.0845 e. The lowest BCUT2D eigenvalue weighted by Gasteiger charge is -2.36. The normalized spacial score (nSPS) is 38.0. The van der Waals surface area contributed by atoms with Gasteiger partial charge in [0.25, 0.3) is 0 Å². The van der Waals surface area contributed by atoms with Gasteiger partial charge in [-0.05, 0) is 87.1 Å². The first-order valence-corrected chi connectivity index (χ1v) is 18.0. The van der Waals surface area contributed by atoms with Crippen LogP contribution in [0.5, 0.6) is 0 Å². The molecule has 0 aromatic carbocycles. The molecule has 0 spiro atoms. The van der Waals surface area contributed by atoms with E-state index >= 15 is 0 Å². The summed E-state index contributed by atoms with van der Waals surface area (Å²) in [4.78, 5) is 0. The van der Waals surface area contributed by atoms with Crippen LogP contribution >= 0.6 is 0 Å². The standard InChI is InChI=1S/C32H52Si/c1-33(2,31-23-27-19-15-11-7-3-4-8-12-16-20-28(27)24-31)32-25-29-21-17-13-9-5-6-10-14-18-22-30(29)26-32/h11,13,15,17,19,21,28,30-32H,3-10,12,14,16,18,20,22-26H2,1-2H3/b15-11-,17-13-,27-19-,29-21-. The van der Waals surface area contributed by atoms with Crippen LogP contribution in [0.3, 0.4) is 0 Å². The van der Waals surface area contributed by atoms with Crippen molar-refractivity contribution in [3.8, 4) is 0 Å². The molecule has 2 saturated carbocycles. The molecule has 0 heterocycles. The van der Waals surface area contributed by atoms with Crippen LogP contribution in [0.2, 0.25) is 24.2 Å². The minimum absolute atomic E-state index is 0.891. The summed E-state index contributed by atoms with van der Waals surface area (Å²) in [7, 11) is -1.30. The quantitative estimate of drug-likeness (QED) is 0.356. The van der Waals surface area contributed by atoms with Crippen molar-refractivity contribution in [2.24, 2.45) is 11.8 Å². The molecule has 0 nitrogen and oxygen atoms in total. The Hall–Kier alpha value is -0.823. The van der Waals surface area contributed by atoms with Crippen LogP contribution in [0.1, 0.15) is 116 Å². The molecule has 0 radical (unpaired) electrons. The molecule has 4 atom stereocenters. The Morgan fingerprint density at radius 3 is 1.48 bits per heavy atom. The zero-order valence-electron chi connectivity index (χ0n) is 22.0. The van der Waals surface area contributed by atoms with Gasteiger partial charge < -0.3 is 0 Å². The highest BCUT2D eigenvalue weighted by Gasteiger charge is 2.47. The second kappa shape index (κ2) is 12.8. The summed E-state index contributed by atoms with van der Waals surface area (Å²) in [6, 6.07) is 0. The predicted molar refractivity (Wildman–Crippen MR) is 150 cm³/mol. The van der Waals surface area contributed by atoms with E-state index in [2.05, 4.69) is 49.6 Å². The Morgan fingerprint density at radius 1 is 0.576 bits per heavy atom. The van der Waals surface area contributed by atoms with Gasteiger partial charge in [0, 0.05) is 0 Å². The minimum atomic E-state index is -1.30. The fraction of sp³-hybridized carbons (Fsp3) is 0.750. The summed E-state index contributed by atoms with van der Waals surface area (Å²) < 4.78 is 0. The molecular weight excluding hydrogens is 412 g/mol. The fourth-order valence-corrected chi connectivity index (χ4v) is 11.5. The van der Waals surface area contributed by atoms with Crippen LogP contribution in [0.25, 0.3) is 0 Å². The summed E-state index contributed by atoms with van der Waals surface area (Å²) in [6.45, 7) is 5.58. The molecule has 4 unspecified atom stereocenters. The smallest absolute Gasteiger partial charge is 0.0542 e. The molecule has 0 aromatic rings. The molecule has 1 heteroatoms. The van der Waals surface area contributed by atoms with Crippen LogP contribution in [0.15, 0.2) is 47.6 Å². The highest BCUT2D eigenvalue weighted by molar-refractivity contribution is 6.80. The number of allylic oxidation sites excluding steroid dienone is 8. The lowest BCUT2D eigenvalue weighted by molar-refractivity contribution is 0.500. The fourth-order valence-electron chi connectivity index (χ4n) is 7.48. The Morgan fingerprint density at radius 2 is 1.00 bits per heavy atom. The third kappa shape index (κ3) is 7.09. The second-order valence-electron chi connectivity index (χ2n) is 12.5. The molecule has 4 aliphatic carbocycles. The highest BCUT2D eigenvalue weighted by atomic mass is 28.3. The minimum Gasteiger partial charge on any atom is -0.0845 e. The van der Waals surface area contributed by atoms with Gasteiger partial charge in [-0.2, -0.15) is 0 Å². The van der Waals surface area contributed by atoms with Crippen molar-refractivity contribution in [3.63, 3.8) is 0 Å². The summed E-state index contributed by atoms with van der Waals surface area (Å²) in [5.41, 5.74) is 5.66. The van der Waals surface area contributed by atoms with Crippen LogP contribution in [-0.4, -0.2) is 8.07 Å². The first kappa shape index (κ1) is 25.3. The zero-order valence-corrected chi connectivity index (χ0v) is 23.0. The van der Waals surface area contributed by atoms with Gasteiger partial charge >= 0.3 is 0 Å². The molecule has 2 fully saturated rings. The molecule has 0 N–H and O–H groups in total. The summed E-state index contributed by atoms with van der Waals surface area (Å²) in [6.07, 6.45) is 40.6. The molecular formula is C32H52Si. The molecule has 0 amide bonds. The lowest BCUT2D eigenvalue weighted by atomic mass is 9.94. The van der Waals surface area contributed by atoms with E-state index in [-0.39, 0.29) is 0 Å². The Labute approximate surface area is 207 Å². The van der Waals surface area contributed by atoms with Gasteiger partial charge in [0.05, 0.1) is 8.07 Å². The van der Waals surface area contributed by atoms with Gasteiger partial charge in [-0.3, -0.25) is 0 Å². The van der Waals surface area contributed by atoms with E-state index in [1.807, 2.05) is 11.1 Å². The number of hydrogen-bond donors (Lipinski definition) is 0. The molecule has 4 aliphatic rings. The molecule has 0 saturated heterocycles. The highest BCUT2D eigenvalue weighted by Crippen LogP contribution is 2.56. The van der Waals surface area contributed by atoms with Crippen molar-refractivity contribution in [1.29, 1.82) is 0 Å². The summed E-state index contributed by atoms with van der Waals surface area (Å²) >= 11 is 0. The van der Waals surface area contributed by atoms with Crippen LogP contribution < -0.4 is 0 Å². The summed E-state index contributed by atoms with van der Waals surface area (Å²) in [5, 5.41) is 0. The summed E-state index contributed by atoms with van der Waals surface area (Å²) in [5.74, 6) is 1.78. The maximum absolute atomic E-state index is 2.79. The Balaban J connectivity index is 1.45. The third-order valence-corrected chi connectivity index (χ3v) is 15.1. The lowest BCUT2D eigenvalue weighted by Crippen LogP contribution is -2.36. The van der Waals surface area contributed by atoms with Gasteiger partial charge in [0.15, 0.2) is 0 Å². The molecule has 4 rings (SSSR count). The molecule has 184 valence electrons. The Bertz CT molecular complexity index is 661. The second-order valence-corrected chi connectivity index (χ2v) is 17.8. The van der Waals surface area contributed by atoms with Gasteiger partial charge in [0.1, 0.15) is 0 Å². The molecule has 33 heavy (non-hydrogen) atoms. The van der Waals surface area contributed by atoms with Crippen molar-refractivity contribution < 1.29 is 0 Å². The van der Waals surface area contributed by atoms with E-state index in [1.165, 1.54) is 116 Å². The van der Waals surface area contributed by atoms with Crippen molar-refractivity contribution in [2.45, 2.75) is 140 Å². The number of rotatable bonds is 2. The van der Waals surface area contributed by atoms with Crippen LogP contribution in [-0.2, 0) is 0 Å². The third-order valence-electron chi connectivity index (χ3n) is 9.99. The van der Waals surface area contributed by atoms with E-state index in [1.54, 1.807) is 0 Å². The topological polar surface area (TPSA) is 0 Å². The van der Waals surface area contributed by atoms with Gasteiger partial charge in [-0.25, -0.2) is 0 Å². The maximum Gasteiger partial charge on any atom is 0.0542 e. The van der Waals surface area contributed by atoms with Gasteiger partial charge in [-0.15, -0.1) is 0 Å².